The van der Waals surface area contributed by atoms with Gasteiger partial charge >= 0.3 is 17.9 Å². The van der Waals surface area contributed by atoms with E-state index in [1.807, 2.05) is 195 Å². The Bertz CT molecular complexity index is 4480. The molecule has 0 heterocycles. The van der Waals surface area contributed by atoms with E-state index in [9.17, 15) is 19.5 Å². The largest absolute Gasteiger partial charge is 0.497 e. The zero-order chi connectivity index (χ0) is 100.0. The number of hydrogen-bond donors (Lipinski definition) is 4. The number of ether oxygens (including phenoxy) is 15. The first-order valence-electron chi connectivity index (χ1n) is 44.1. The van der Waals surface area contributed by atoms with Crippen LogP contribution in [0.3, 0.4) is 0 Å². The summed E-state index contributed by atoms with van der Waals surface area (Å²) in [4.78, 5) is 31.9. The first-order chi connectivity index (χ1) is 65.2. The van der Waals surface area contributed by atoms with Gasteiger partial charge in [0.25, 0.3) is 8.32 Å². The van der Waals surface area contributed by atoms with Crippen LogP contribution in [0.25, 0.3) is 0 Å². The van der Waals surface area contributed by atoms with Crippen LogP contribution in [0.15, 0.2) is 375 Å². The third-order valence-electron chi connectivity index (χ3n) is 18.4. The summed E-state index contributed by atoms with van der Waals surface area (Å²) in [5.41, 5.74) is 4.97. The van der Waals surface area contributed by atoms with Gasteiger partial charge in [-0.05, 0) is 111 Å². The van der Waals surface area contributed by atoms with Crippen LogP contribution in [0.5, 0.6) is 23.0 Å². The minimum absolute atomic E-state index is 0.00116. The van der Waals surface area contributed by atoms with Crippen molar-refractivity contribution in [1.82, 2.24) is 0 Å². The predicted molar refractivity (Wildman–Crippen MR) is 542 cm³/mol. The van der Waals surface area contributed by atoms with Crippen LogP contribution in [-0.2, 0) is 92.5 Å². The van der Waals surface area contributed by atoms with E-state index in [0.29, 0.717) is 78.1 Å². The second kappa shape index (κ2) is 77.3. The molecule has 0 spiro atoms. The maximum atomic E-state index is 11.3. The number of esters is 3. The van der Waals surface area contributed by atoms with Crippen molar-refractivity contribution in [1.29, 1.82) is 0 Å². The molecular formula is C111H146O23Si. The van der Waals surface area contributed by atoms with Gasteiger partial charge in [0.2, 0.25) is 0 Å². The number of hydrogen-bond acceptors (Lipinski definition) is 23. The number of carbonyl (C=O) groups is 3. The lowest BCUT2D eigenvalue weighted by Gasteiger charge is -2.43. The van der Waals surface area contributed by atoms with Crippen LogP contribution in [-0.4, -0.2) is 203 Å². The third kappa shape index (κ3) is 56.7. The number of rotatable bonds is 50. The van der Waals surface area contributed by atoms with Crippen molar-refractivity contribution in [2.24, 2.45) is 0 Å². The molecular weight excluding hydrogens is 1730 g/mol. The van der Waals surface area contributed by atoms with Crippen molar-refractivity contribution in [3.63, 3.8) is 0 Å². The van der Waals surface area contributed by atoms with Gasteiger partial charge in [-0.3, -0.25) is 9.59 Å². The fourth-order valence-electron chi connectivity index (χ4n) is 11.0. The Kier molecular flexibility index (Phi) is 69.2. The van der Waals surface area contributed by atoms with Gasteiger partial charge < -0.3 is 95.9 Å². The molecule has 0 bridgehead atoms. The van der Waals surface area contributed by atoms with Crippen LogP contribution in [0.4, 0.5) is 0 Å². The Morgan fingerprint density at radius 3 is 1.04 bits per heavy atom. The molecule has 4 N–H and O–H groups in total. The monoisotopic (exact) mass is 1880 g/mol. The summed E-state index contributed by atoms with van der Waals surface area (Å²) in [5.74, 6) is 2.19. The van der Waals surface area contributed by atoms with E-state index < -0.39 is 44.7 Å². The lowest BCUT2D eigenvalue weighted by atomic mass is 10.2. The summed E-state index contributed by atoms with van der Waals surface area (Å²) in [7, 11) is 5.68. The van der Waals surface area contributed by atoms with Crippen LogP contribution in [0.1, 0.15) is 80.6 Å². The highest BCUT2D eigenvalue weighted by Gasteiger charge is 2.50. The van der Waals surface area contributed by atoms with Crippen molar-refractivity contribution < 1.29 is 110 Å². The maximum Gasteiger partial charge on any atom is 0.338 e. The van der Waals surface area contributed by atoms with Crippen molar-refractivity contribution in [2.45, 2.75) is 134 Å². The third-order valence-corrected chi connectivity index (χ3v) is 23.4. The summed E-state index contributed by atoms with van der Waals surface area (Å²) in [6.45, 7) is 49.5. The van der Waals surface area contributed by atoms with Crippen LogP contribution in [0.2, 0.25) is 5.04 Å². The average Bonchev–Trinajstić information content (AvgIpc) is 0.746. The second-order valence-electron chi connectivity index (χ2n) is 29.8. The molecule has 135 heavy (non-hydrogen) atoms. The molecule has 0 radical (unpaired) electrons. The quantitative estimate of drug-likeness (QED) is 0.0119. The Balaban J connectivity index is 0.000000779. The maximum absolute atomic E-state index is 11.3. The van der Waals surface area contributed by atoms with Crippen LogP contribution in [0, 0.1) is 0 Å². The first kappa shape index (κ1) is 121. The summed E-state index contributed by atoms with van der Waals surface area (Å²) in [5, 5.41) is 38.9. The molecule has 9 unspecified atom stereocenters. The summed E-state index contributed by atoms with van der Waals surface area (Å²) >= 11 is 0. The molecule has 0 aliphatic rings. The molecule has 0 aliphatic carbocycles. The van der Waals surface area contributed by atoms with E-state index in [1.54, 1.807) is 97.1 Å². The second-order valence-corrected chi connectivity index (χ2v) is 34.1. The summed E-state index contributed by atoms with van der Waals surface area (Å²) in [6.07, 6.45) is 11.3. The Morgan fingerprint density at radius 1 is 0.348 bits per heavy atom. The molecule has 24 heteroatoms. The Morgan fingerprint density at radius 2 is 0.689 bits per heavy atom. The Labute approximate surface area is 804 Å². The lowest BCUT2D eigenvalue weighted by Crippen LogP contribution is -2.67. The highest BCUT2D eigenvalue weighted by molar-refractivity contribution is 6.99. The molecule has 9 rings (SSSR count). The molecule has 0 fully saturated rings. The first-order valence-corrected chi connectivity index (χ1v) is 46.0. The zero-order valence-electron chi connectivity index (χ0n) is 80.7. The molecule has 0 saturated carbocycles. The fourth-order valence-corrected chi connectivity index (χ4v) is 15.6. The molecule has 732 valence electrons. The molecule has 0 aromatic heterocycles. The van der Waals surface area contributed by atoms with E-state index in [-0.39, 0.29) is 68.0 Å². The summed E-state index contributed by atoms with van der Waals surface area (Å²) < 4.78 is 84.7. The lowest BCUT2D eigenvalue weighted by molar-refractivity contribution is -0.145. The topological polar surface area (TPSA) is 280 Å². The number of carbonyl (C=O) groups excluding carboxylic acids is 3. The summed E-state index contributed by atoms with van der Waals surface area (Å²) in [6, 6.07) is 84.6. The zero-order valence-corrected chi connectivity index (χ0v) is 81.7. The van der Waals surface area contributed by atoms with Gasteiger partial charge in [-0.15, -0.1) is 52.6 Å². The van der Waals surface area contributed by atoms with Gasteiger partial charge in [-0.1, -0.05) is 283 Å². The van der Waals surface area contributed by atoms with Crippen molar-refractivity contribution in [3.8, 4) is 23.0 Å². The van der Waals surface area contributed by atoms with Gasteiger partial charge in [0.05, 0.1) is 110 Å². The van der Waals surface area contributed by atoms with Crippen molar-refractivity contribution >= 4 is 36.6 Å². The van der Waals surface area contributed by atoms with Crippen molar-refractivity contribution in [2.75, 3.05) is 102 Å². The number of methoxy groups -OCH3 is 5. The molecule has 9 atom stereocenters. The van der Waals surface area contributed by atoms with Gasteiger partial charge in [0.15, 0.2) is 6.10 Å². The molecule has 9 aromatic rings. The van der Waals surface area contributed by atoms with Gasteiger partial charge in [-0.25, -0.2) is 4.79 Å². The molecule has 0 amide bonds. The highest BCUT2D eigenvalue weighted by Crippen LogP contribution is 2.37. The Hall–Kier alpha value is -12.1. The highest BCUT2D eigenvalue weighted by atomic mass is 28.4. The van der Waals surface area contributed by atoms with Gasteiger partial charge in [0, 0.05) is 41.3 Å². The average molecular weight is 1880 g/mol. The standard InChI is InChI=1S/C20H24O4.C20H26O2Si.C18H20O2.C16H16O2.C11H12O3.C7H12O3.C7H14O2.C6H10O3.C6H12O2/c1-4-18(24-14-17-7-11-20(22-3)12-8-17)15-23-13-16-5-9-19(21-2)10-6-16;1-5-17(21)16-22-23(20(2,3)4,18-12-8-6-9-13-18)19-14-10-7-11-15-19;1-2-18(20-14-17-11-7-4-8-12-17)15-19-13-16-9-5-3-6-10-16;1-2-14(18-16-11-7-4-8-12-16)13-17-15-9-5-3-6-10-15;1-2-10(12)8-14-11(13)9-6-4-3-5-7-9;1-3-6(8)5-10-7(9)4-2;1-4-7(6-8-3)9-5-2;1-3-6(8)4-9-5(2)7;1-4-6(8-3)5-7-2/h4-12,18H,1,13-15H2,2-3H3;5-15,17,21H,1,16H2,2-4H3;2-12,18H,1,13-15H2;2-12,14H,1,13H2;2-7,10,12H,1,8H2;3,6,8H,1,4-5H2,2H3;4,7H,1,5-6H2,2-3H3;3,6,8H,1,4H2,2H3;4,6H,1,5H2,2-3H3. The van der Waals surface area contributed by atoms with E-state index in [1.165, 1.54) is 47.2 Å². The van der Waals surface area contributed by atoms with Crippen LogP contribution < -0.4 is 29.3 Å². The van der Waals surface area contributed by atoms with E-state index >= 15 is 0 Å². The fraction of sp³-hybridized carbons (Fsp3) is 0.324. The van der Waals surface area contributed by atoms with E-state index in [0.717, 1.165) is 39.7 Å². The smallest absolute Gasteiger partial charge is 0.338 e. The number of aliphatic hydroxyl groups excluding tert-OH is 4. The van der Waals surface area contributed by atoms with Crippen LogP contribution >= 0.6 is 0 Å². The van der Waals surface area contributed by atoms with Gasteiger partial charge in [-0.2, -0.15) is 0 Å². The normalized spacial score (nSPS) is 12.3. The molecule has 23 nitrogen and oxygen atoms in total. The SMILES string of the molecule is C=CC(COC)OC.C=CC(COC)OCC.C=CC(COCc1ccc(OC)cc1)OCc1ccc(OC)cc1.C=CC(COCc1ccccc1)OCc1ccccc1.C=CC(COc1ccccc1)Oc1ccccc1.C=CC(O)COC(=O)CC.C=CC(O)COC(=O)c1ccccc1.C=CC(O)COC(C)=O.C=CC(O)CO[Si](c1ccccc1)(c1ccccc1)C(C)(C)C. The minimum Gasteiger partial charge on any atom is -0.497 e. The molecule has 9 aromatic carbocycles. The number of para-hydroxylation sites is 2. The number of benzene rings is 9. The predicted octanol–water partition coefficient (Wildman–Crippen LogP) is 18.8. The van der Waals surface area contributed by atoms with E-state index in [4.69, 9.17) is 81.3 Å². The molecule has 0 aliphatic heterocycles. The minimum atomic E-state index is -2.54. The molecule has 0 saturated heterocycles. The number of aliphatic hydroxyl groups is 4. The van der Waals surface area contributed by atoms with E-state index in [2.05, 4.69) is 138 Å². The van der Waals surface area contributed by atoms with Gasteiger partial charge in [0.1, 0.15) is 67.7 Å². The van der Waals surface area contributed by atoms with Crippen molar-refractivity contribution in [3.05, 3.63) is 403 Å².